The Morgan fingerprint density at radius 3 is 2.58 bits per heavy atom. The van der Waals surface area contributed by atoms with Crippen LogP contribution < -0.4 is 0 Å². The SMILES string of the molecule is CC(C)N1Cc2cc(-c3cnc4[nH]cc(-c5ccc(C(=O)N(C)C)cc5)c4c3)cc3c2C(CCC3)C1. The maximum Gasteiger partial charge on any atom is 0.253 e. The average molecular weight is 479 g/mol. The third kappa shape index (κ3) is 3.92. The van der Waals surface area contributed by atoms with E-state index in [0.717, 1.165) is 34.3 Å². The number of pyridine rings is 1. The summed E-state index contributed by atoms with van der Waals surface area (Å²) in [4.78, 5) is 24.6. The summed E-state index contributed by atoms with van der Waals surface area (Å²) >= 11 is 0. The van der Waals surface area contributed by atoms with Gasteiger partial charge in [-0.15, -0.1) is 0 Å². The molecule has 0 saturated carbocycles. The second-order valence-corrected chi connectivity index (χ2v) is 10.9. The molecule has 36 heavy (non-hydrogen) atoms. The number of carbonyl (C=O) groups is 1. The van der Waals surface area contributed by atoms with Gasteiger partial charge < -0.3 is 9.88 Å². The van der Waals surface area contributed by atoms with Crippen LogP contribution in [0.3, 0.4) is 0 Å². The predicted octanol–water partition coefficient (Wildman–Crippen LogP) is 6.24. The fourth-order valence-corrected chi connectivity index (χ4v) is 6.08. The topological polar surface area (TPSA) is 52.2 Å². The van der Waals surface area contributed by atoms with Crippen LogP contribution in [0.15, 0.2) is 54.9 Å². The molecule has 1 aliphatic carbocycles. The van der Waals surface area contributed by atoms with E-state index in [2.05, 4.69) is 41.9 Å². The summed E-state index contributed by atoms with van der Waals surface area (Å²) in [6.45, 7) is 6.85. The Hall–Kier alpha value is -3.44. The fourth-order valence-electron chi connectivity index (χ4n) is 6.08. The number of amides is 1. The minimum atomic E-state index is 0.0130. The Kier molecular flexibility index (Phi) is 5.68. The van der Waals surface area contributed by atoms with E-state index in [1.165, 1.54) is 42.5 Å². The normalized spacial score (nSPS) is 17.4. The number of benzene rings is 2. The van der Waals surface area contributed by atoms with Crippen molar-refractivity contribution in [2.75, 3.05) is 20.6 Å². The Morgan fingerprint density at radius 1 is 1.06 bits per heavy atom. The molecule has 1 atom stereocenters. The molecule has 4 aromatic rings. The van der Waals surface area contributed by atoms with Crippen LogP contribution in [-0.2, 0) is 13.0 Å². The van der Waals surface area contributed by atoms with Crippen molar-refractivity contribution in [3.8, 4) is 22.3 Å². The molecule has 0 bridgehead atoms. The van der Waals surface area contributed by atoms with Crippen molar-refractivity contribution in [2.45, 2.75) is 51.6 Å². The van der Waals surface area contributed by atoms with Crippen LogP contribution in [-0.4, -0.2) is 52.4 Å². The first-order valence-corrected chi connectivity index (χ1v) is 13.1. The van der Waals surface area contributed by atoms with Crippen LogP contribution in [0.5, 0.6) is 0 Å². The van der Waals surface area contributed by atoms with E-state index in [1.54, 1.807) is 24.6 Å². The predicted molar refractivity (Wildman–Crippen MR) is 146 cm³/mol. The number of rotatable bonds is 4. The highest BCUT2D eigenvalue weighted by Gasteiger charge is 2.31. The van der Waals surface area contributed by atoms with Gasteiger partial charge in [0.05, 0.1) is 0 Å². The van der Waals surface area contributed by atoms with E-state index in [9.17, 15) is 4.79 Å². The van der Waals surface area contributed by atoms with Crippen molar-refractivity contribution in [3.63, 3.8) is 0 Å². The van der Waals surface area contributed by atoms with E-state index in [4.69, 9.17) is 4.98 Å². The van der Waals surface area contributed by atoms with Crippen molar-refractivity contribution < 1.29 is 4.79 Å². The van der Waals surface area contributed by atoms with Crippen LogP contribution in [0, 0.1) is 0 Å². The molecule has 1 aliphatic heterocycles. The van der Waals surface area contributed by atoms with Gasteiger partial charge in [-0.2, -0.15) is 0 Å². The van der Waals surface area contributed by atoms with Gasteiger partial charge in [0, 0.05) is 67.7 Å². The molecule has 184 valence electrons. The van der Waals surface area contributed by atoms with Gasteiger partial charge in [-0.05, 0) is 91.1 Å². The van der Waals surface area contributed by atoms with Gasteiger partial charge in [0.15, 0.2) is 0 Å². The summed E-state index contributed by atoms with van der Waals surface area (Å²) in [5.41, 5.74) is 10.9. The first-order valence-electron chi connectivity index (χ1n) is 13.1. The molecule has 2 aromatic carbocycles. The summed E-state index contributed by atoms with van der Waals surface area (Å²) in [5, 5.41) is 1.10. The smallest absolute Gasteiger partial charge is 0.253 e. The van der Waals surface area contributed by atoms with E-state index in [-0.39, 0.29) is 5.91 Å². The molecule has 1 amide bonds. The Balaban J connectivity index is 1.40. The molecule has 5 heteroatoms. The molecule has 5 nitrogen and oxygen atoms in total. The van der Waals surface area contributed by atoms with Crippen LogP contribution >= 0.6 is 0 Å². The lowest BCUT2D eigenvalue weighted by Gasteiger charge is -2.40. The lowest BCUT2D eigenvalue weighted by Crippen LogP contribution is -2.39. The molecule has 1 N–H and O–H groups in total. The molecule has 2 aromatic heterocycles. The fraction of sp³-hybridized carbons (Fsp3) is 0.355. The van der Waals surface area contributed by atoms with E-state index in [1.807, 2.05) is 36.7 Å². The number of aromatic nitrogens is 2. The lowest BCUT2D eigenvalue weighted by atomic mass is 9.76. The first kappa shape index (κ1) is 23.0. The number of aryl methyl sites for hydroxylation is 1. The van der Waals surface area contributed by atoms with Crippen molar-refractivity contribution in [1.82, 2.24) is 19.8 Å². The van der Waals surface area contributed by atoms with Crippen LogP contribution in [0.4, 0.5) is 0 Å². The van der Waals surface area contributed by atoms with E-state index >= 15 is 0 Å². The average Bonchev–Trinajstić information content (AvgIpc) is 3.31. The standard InChI is InChI=1S/C31H34N4O/c1-19(2)35-17-23-7-5-6-22-12-24(13-26(18-35)29(22)23)25-14-27-28(16-33-30(27)32-15-25)20-8-10-21(11-9-20)31(36)34(3)4/h8-16,19,23H,5-7,17-18H2,1-4H3,(H,32,33). The third-order valence-corrected chi connectivity index (χ3v) is 8.03. The molecule has 0 saturated heterocycles. The monoisotopic (exact) mass is 478 g/mol. The Morgan fingerprint density at radius 2 is 1.83 bits per heavy atom. The zero-order chi connectivity index (χ0) is 25.0. The molecule has 0 spiro atoms. The maximum absolute atomic E-state index is 12.3. The van der Waals surface area contributed by atoms with Crippen molar-refractivity contribution in [3.05, 3.63) is 77.1 Å². The van der Waals surface area contributed by atoms with Crippen LogP contribution in [0.2, 0.25) is 0 Å². The van der Waals surface area contributed by atoms with E-state index in [0.29, 0.717) is 17.5 Å². The molecular formula is C31H34N4O. The summed E-state index contributed by atoms with van der Waals surface area (Å²) in [6.07, 6.45) is 7.78. The minimum Gasteiger partial charge on any atom is -0.346 e. The number of fused-ring (bicyclic) bond motifs is 1. The highest BCUT2D eigenvalue weighted by atomic mass is 16.2. The van der Waals surface area contributed by atoms with Gasteiger partial charge >= 0.3 is 0 Å². The molecule has 3 heterocycles. The quantitative estimate of drug-likeness (QED) is 0.378. The van der Waals surface area contributed by atoms with Crippen molar-refractivity contribution >= 4 is 16.9 Å². The first-order chi connectivity index (χ1) is 17.4. The Labute approximate surface area is 213 Å². The molecule has 6 rings (SSSR count). The van der Waals surface area contributed by atoms with Crippen LogP contribution in [0.25, 0.3) is 33.3 Å². The summed E-state index contributed by atoms with van der Waals surface area (Å²) in [7, 11) is 3.55. The van der Waals surface area contributed by atoms with Gasteiger partial charge in [0.2, 0.25) is 0 Å². The molecule has 1 unspecified atom stereocenters. The molecule has 2 aliphatic rings. The van der Waals surface area contributed by atoms with Gasteiger partial charge in [-0.3, -0.25) is 9.69 Å². The number of aromatic amines is 1. The van der Waals surface area contributed by atoms with Gasteiger partial charge in [0.1, 0.15) is 5.65 Å². The van der Waals surface area contributed by atoms with E-state index < -0.39 is 0 Å². The summed E-state index contributed by atoms with van der Waals surface area (Å²) in [6, 6.07) is 15.5. The zero-order valence-electron chi connectivity index (χ0n) is 21.6. The summed E-state index contributed by atoms with van der Waals surface area (Å²) < 4.78 is 0. The second-order valence-electron chi connectivity index (χ2n) is 10.9. The van der Waals surface area contributed by atoms with Crippen molar-refractivity contribution in [1.29, 1.82) is 0 Å². The maximum atomic E-state index is 12.3. The second kappa shape index (κ2) is 8.90. The number of H-pyrrole nitrogens is 1. The van der Waals surface area contributed by atoms with Gasteiger partial charge in [0.25, 0.3) is 5.91 Å². The molecular weight excluding hydrogens is 444 g/mol. The number of nitrogens with one attached hydrogen (secondary N) is 1. The Bertz CT molecular complexity index is 1450. The number of hydrogen-bond acceptors (Lipinski definition) is 3. The highest BCUT2D eigenvalue weighted by molar-refractivity contribution is 5.98. The number of nitrogens with zero attached hydrogens (tertiary/aromatic N) is 3. The molecule has 0 fully saturated rings. The van der Waals surface area contributed by atoms with Gasteiger partial charge in [-0.25, -0.2) is 4.98 Å². The minimum absolute atomic E-state index is 0.0130. The van der Waals surface area contributed by atoms with Gasteiger partial charge in [-0.1, -0.05) is 18.2 Å². The largest absolute Gasteiger partial charge is 0.346 e. The summed E-state index contributed by atoms with van der Waals surface area (Å²) in [5.74, 6) is 0.687. The molecule has 0 radical (unpaired) electrons. The number of hydrogen-bond donors (Lipinski definition) is 1. The van der Waals surface area contributed by atoms with Crippen LogP contribution in [0.1, 0.15) is 59.7 Å². The van der Waals surface area contributed by atoms with Crippen molar-refractivity contribution in [2.24, 2.45) is 0 Å². The third-order valence-electron chi connectivity index (χ3n) is 8.03. The highest BCUT2D eigenvalue weighted by Crippen LogP contribution is 2.42. The lowest BCUT2D eigenvalue weighted by molar-refractivity contribution is 0.0827. The zero-order valence-corrected chi connectivity index (χ0v) is 21.6. The number of carbonyl (C=O) groups excluding carboxylic acids is 1.